The van der Waals surface area contributed by atoms with E-state index in [2.05, 4.69) is 9.62 Å². The number of furan rings is 1. The summed E-state index contributed by atoms with van der Waals surface area (Å²) in [6.07, 6.45) is 0.178. The maximum absolute atomic E-state index is 12.4. The van der Waals surface area contributed by atoms with Crippen LogP contribution in [0.2, 0.25) is 0 Å². The molecule has 2 aromatic rings. The third kappa shape index (κ3) is 3.71. The smallest absolute Gasteiger partial charge is 0.240 e. The van der Waals surface area contributed by atoms with Gasteiger partial charge in [-0.2, -0.15) is 0 Å². The van der Waals surface area contributed by atoms with E-state index in [4.69, 9.17) is 9.15 Å². The zero-order chi connectivity index (χ0) is 18.1. The fourth-order valence-electron chi connectivity index (χ4n) is 3.91. The SMILES string of the molecule is Cc1ccc(CN2C[C@H]3[C@H](CNS(=O)(=O)c4ccccc4)CO[C@H]3C2)o1. The number of nitrogens with zero attached hydrogens (tertiary/aromatic N) is 1. The van der Waals surface area contributed by atoms with Crippen LogP contribution in [0.5, 0.6) is 0 Å². The number of likely N-dealkylation sites (tertiary alicyclic amines) is 1. The van der Waals surface area contributed by atoms with Crippen LogP contribution in [0.4, 0.5) is 0 Å². The molecule has 0 radical (unpaired) electrons. The molecule has 0 amide bonds. The van der Waals surface area contributed by atoms with Crippen LogP contribution in [-0.4, -0.2) is 45.7 Å². The Morgan fingerprint density at radius 1 is 1.15 bits per heavy atom. The van der Waals surface area contributed by atoms with E-state index in [9.17, 15) is 8.42 Å². The van der Waals surface area contributed by atoms with Crippen LogP contribution in [0.1, 0.15) is 11.5 Å². The Labute approximate surface area is 154 Å². The lowest BCUT2D eigenvalue weighted by atomic mass is 9.93. The molecule has 2 aliphatic heterocycles. The average Bonchev–Trinajstić information content (AvgIpc) is 3.31. The van der Waals surface area contributed by atoms with Crippen LogP contribution in [0.25, 0.3) is 0 Å². The second-order valence-electron chi connectivity index (χ2n) is 7.17. The Hall–Kier alpha value is -1.67. The highest BCUT2D eigenvalue weighted by atomic mass is 32.2. The molecule has 1 aromatic carbocycles. The first-order valence-corrected chi connectivity index (χ1v) is 10.4. The lowest BCUT2D eigenvalue weighted by Crippen LogP contribution is -2.34. The van der Waals surface area contributed by atoms with Gasteiger partial charge in [-0.15, -0.1) is 0 Å². The second kappa shape index (κ2) is 7.15. The van der Waals surface area contributed by atoms with E-state index in [0.717, 1.165) is 31.2 Å². The predicted molar refractivity (Wildman–Crippen MR) is 97.1 cm³/mol. The van der Waals surface area contributed by atoms with Crippen LogP contribution in [-0.2, 0) is 21.3 Å². The number of hydrogen-bond acceptors (Lipinski definition) is 5. The topological polar surface area (TPSA) is 71.8 Å². The van der Waals surface area contributed by atoms with Gasteiger partial charge >= 0.3 is 0 Å². The van der Waals surface area contributed by atoms with Crippen LogP contribution >= 0.6 is 0 Å². The van der Waals surface area contributed by atoms with E-state index in [1.807, 2.05) is 25.1 Å². The van der Waals surface area contributed by atoms with E-state index in [1.54, 1.807) is 24.3 Å². The van der Waals surface area contributed by atoms with Gasteiger partial charge in [0.05, 0.1) is 24.2 Å². The maximum atomic E-state index is 12.4. The number of ether oxygens (including phenoxy) is 1. The normalized spacial score (nSPS) is 26.3. The van der Waals surface area contributed by atoms with E-state index < -0.39 is 10.0 Å². The third-order valence-electron chi connectivity index (χ3n) is 5.28. The fraction of sp³-hybridized carbons (Fsp3) is 0.474. The van der Waals surface area contributed by atoms with Crippen molar-refractivity contribution in [2.45, 2.75) is 24.5 Å². The summed E-state index contributed by atoms with van der Waals surface area (Å²) in [6.45, 7) is 5.51. The van der Waals surface area contributed by atoms with Gasteiger partial charge in [-0.05, 0) is 31.2 Å². The Morgan fingerprint density at radius 2 is 1.96 bits per heavy atom. The first-order valence-electron chi connectivity index (χ1n) is 8.95. The summed E-state index contributed by atoms with van der Waals surface area (Å²) in [5.74, 6) is 2.43. The average molecular weight is 376 g/mol. The summed E-state index contributed by atoms with van der Waals surface area (Å²) in [7, 11) is -3.47. The summed E-state index contributed by atoms with van der Waals surface area (Å²) in [5.41, 5.74) is 0. The molecule has 2 aliphatic rings. The Balaban J connectivity index is 1.34. The van der Waals surface area contributed by atoms with Crippen molar-refractivity contribution < 1.29 is 17.6 Å². The van der Waals surface area contributed by atoms with Crippen molar-refractivity contribution in [3.8, 4) is 0 Å². The molecule has 2 fully saturated rings. The third-order valence-corrected chi connectivity index (χ3v) is 6.72. The minimum Gasteiger partial charge on any atom is -0.465 e. The highest BCUT2D eigenvalue weighted by Gasteiger charge is 2.44. The predicted octanol–water partition coefficient (Wildman–Crippen LogP) is 2.01. The first kappa shape index (κ1) is 17.7. The van der Waals surface area contributed by atoms with Crippen molar-refractivity contribution in [3.63, 3.8) is 0 Å². The minimum absolute atomic E-state index is 0.178. The molecule has 0 saturated carbocycles. The molecule has 3 atom stereocenters. The van der Waals surface area contributed by atoms with Crippen LogP contribution in [0.3, 0.4) is 0 Å². The van der Waals surface area contributed by atoms with E-state index in [-0.39, 0.29) is 12.0 Å². The van der Waals surface area contributed by atoms with Gasteiger partial charge in [0.15, 0.2) is 0 Å². The standard InChI is InChI=1S/C19H24N2O4S/c1-14-7-8-16(25-14)10-21-11-18-15(13-24-19(18)12-21)9-20-26(22,23)17-5-3-2-4-6-17/h2-8,15,18-20H,9-13H2,1H3/t15-,18+,19+/m1/s1. The Kier molecular flexibility index (Phi) is 4.88. The number of benzene rings is 1. The fourth-order valence-corrected chi connectivity index (χ4v) is 5.03. The van der Waals surface area contributed by atoms with Crippen LogP contribution in [0.15, 0.2) is 51.8 Å². The molecule has 4 rings (SSSR count). The molecule has 2 saturated heterocycles. The van der Waals surface area contributed by atoms with Crippen molar-refractivity contribution in [2.75, 3.05) is 26.2 Å². The van der Waals surface area contributed by atoms with Gasteiger partial charge in [-0.25, -0.2) is 13.1 Å². The lowest BCUT2D eigenvalue weighted by molar-refractivity contribution is 0.0930. The second-order valence-corrected chi connectivity index (χ2v) is 8.93. The number of nitrogens with one attached hydrogen (secondary N) is 1. The molecule has 7 heteroatoms. The Bertz CT molecular complexity index is 849. The number of hydrogen-bond donors (Lipinski definition) is 1. The zero-order valence-corrected chi connectivity index (χ0v) is 15.6. The van der Waals surface area contributed by atoms with Gasteiger partial charge in [-0.3, -0.25) is 4.90 Å². The van der Waals surface area contributed by atoms with Gasteiger partial charge in [0.25, 0.3) is 0 Å². The van der Waals surface area contributed by atoms with Crippen molar-refractivity contribution in [1.82, 2.24) is 9.62 Å². The van der Waals surface area contributed by atoms with Gasteiger partial charge in [-0.1, -0.05) is 18.2 Å². The van der Waals surface area contributed by atoms with Gasteiger partial charge in [0, 0.05) is 31.5 Å². The molecule has 26 heavy (non-hydrogen) atoms. The van der Waals surface area contributed by atoms with Crippen LogP contribution in [0, 0.1) is 18.8 Å². The minimum atomic E-state index is -3.47. The molecule has 0 spiro atoms. The number of fused-ring (bicyclic) bond motifs is 1. The quantitative estimate of drug-likeness (QED) is 0.835. The molecule has 6 nitrogen and oxygen atoms in total. The van der Waals surface area contributed by atoms with Crippen molar-refractivity contribution in [3.05, 3.63) is 54.0 Å². The molecule has 1 N–H and O–H groups in total. The van der Waals surface area contributed by atoms with Crippen molar-refractivity contribution >= 4 is 10.0 Å². The zero-order valence-electron chi connectivity index (χ0n) is 14.8. The van der Waals surface area contributed by atoms with Crippen LogP contribution < -0.4 is 4.72 Å². The van der Waals surface area contributed by atoms with Crippen molar-refractivity contribution in [2.24, 2.45) is 11.8 Å². The first-order chi connectivity index (χ1) is 12.5. The lowest BCUT2D eigenvalue weighted by Gasteiger charge is -2.19. The highest BCUT2D eigenvalue weighted by Crippen LogP contribution is 2.34. The molecule has 0 aliphatic carbocycles. The Morgan fingerprint density at radius 3 is 2.69 bits per heavy atom. The van der Waals surface area contributed by atoms with Gasteiger partial charge in [0.1, 0.15) is 11.5 Å². The summed E-state index contributed by atoms with van der Waals surface area (Å²) in [5, 5.41) is 0. The van der Waals surface area contributed by atoms with Gasteiger partial charge < -0.3 is 9.15 Å². The number of rotatable bonds is 6. The maximum Gasteiger partial charge on any atom is 0.240 e. The number of aryl methyl sites for hydroxylation is 1. The molecular weight excluding hydrogens is 352 g/mol. The van der Waals surface area contributed by atoms with E-state index in [0.29, 0.717) is 24.0 Å². The molecule has 1 aromatic heterocycles. The summed E-state index contributed by atoms with van der Waals surface area (Å²) in [6, 6.07) is 12.5. The number of sulfonamides is 1. The monoisotopic (exact) mass is 376 g/mol. The molecule has 0 unspecified atom stereocenters. The van der Waals surface area contributed by atoms with E-state index in [1.165, 1.54) is 0 Å². The summed E-state index contributed by atoms with van der Waals surface area (Å²) in [4.78, 5) is 2.63. The molecule has 140 valence electrons. The summed E-state index contributed by atoms with van der Waals surface area (Å²) >= 11 is 0. The highest BCUT2D eigenvalue weighted by molar-refractivity contribution is 7.89. The molecular formula is C19H24N2O4S. The summed E-state index contributed by atoms with van der Waals surface area (Å²) < 4.78 is 39.2. The largest absolute Gasteiger partial charge is 0.465 e. The van der Waals surface area contributed by atoms with Crippen molar-refractivity contribution in [1.29, 1.82) is 0 Å². The van der Waals surface area contributed by atoms with E-state index >= 15 is 0 Å². The molecule has 0 bridgehead atoms. The molecule has 3 heterocycles. The van der Waals surface area contributed by atoms with Gasteiger partial charge in [0.2, 0.25) is 10.0 Å².